The van der Waals surface area contributed by atoms with Crippen molar-refractivity contribution < 1.29 is 38.1 Å². The molecule has 2 aromatic carbocycles. The van der Waals surface area contributed by atoms with E-state index in [9.17, 15) is 19.2 Å². The number of rotatable bonds is 34. The number of unbranched alkanes of at least 4 members (excludes halogenated alkanes) is 22. The predicted molar refractivity (Wildman–Crippen MR) is 226 cm³/mol. The normalized spacial score (nSPS) is 11.2. The quantitative estimate of drug-likeness (QED) is 0.0227. The van der Waals surface area contributed by atoms with Gasteiger partial charge in [0.15, 0.2) is 17.4 Å². The third-order valence-corrected chi connectivity index (χ3v) is 10.1. The number of carbonyl (C=O) groups is 4. The van der Waals surface area contributed by atoms with Gasteiger partial charge < -0.3 is 18.9 Å². The Bertz CT molecular complexity index is 1340. The van der Waals surface area contributed by atoms with E-state index in [0.29, 0.717) is 23.0 Å². The van der Waals surface area contributed by atoms with E-state index in [1.54, 1.807) is 30.3 Å². The van der Waals surface area contributed by atoms with Gasteiger partial charge in [0, 0.05) is 5.56 Å². The Morgan fingerprint density at radius 2 is 0.946 bits per heavy atom. The van der Waals surface area contributed by atoms with Crippen LogP contribution in [0.5, 0.6) is 11.5 Å². The van der Waals surface area contributed by atoms with E-state index in [0.717, 1.165) is 38.5 Å². The van der Waals surface area contributed by atoms with E-state index in [2.05, 4.69) is 13.8 Å². The summed E-state index contributed by atoms with van der Waals surface area (Å²) in [5.74, 6) is -2.55. The molecule has 0 N–H and O–H groups in total. The summed E-state index contributed by atoms with van der Waals surface area (Å²) in [5, 5.41) is 0. The third-order valence-electron chi connectivity index (χ3n) is 10.1. The zero-order chi connectivity index (χ0) is 40.5. The van der Waals surface area contributed by atoms with E-state index in [1.807, 2.05) is 0 Å². The number of benzene rings is 2. The molecule has 0 unspecified atom stereocenters. The first-order valence-corrected chi connectivity index (χ1v) is 21.9. The molecule has 0 saturated carbocycles. The molecule has 0 aliphatic heterocycles. The lowest BCUT2D eigenvalue weighted by Gasteiger charge is -2.13. The second-order valence-electron chi connectivity index (χ2n) is 15.0. The summed E-state index contributed by atoms with van der Waals surface area (Å²) in [6.07, 6.45) is 33.0. The molecule has 0 aliphatic carbocycles. The van der Waals surface area contributed by atoms with E-state index in [1.165, 1.54) is 147 Å². The van der Waals surface area contributed by atoms with Gasteiger partial charge in [0.1, 0.15) is 6.29 Å². The largest absolute Gasteiger partial charge is 0.493 e. The van der Waals surface area contributed by atoms with E-state index >= 15 is 0 Å². The van der Waals surface area contributed by atoms with Crippen LogP contribution in [0.3, 0.4) is 0 Å². The lowest BCUT2D eigenvalue weighted by molar-refractivity contribution is -0.159. The Morgan fingerprint density at radius 3 is 1.36 bits per heavy atom. The summed E-state index contributed by atoms with van der Waals surface area (Å²) in [7, 11) is 1.43. The van der Waals surface area contributed by atoms with Crippen LogP contribution in [0, 0.1) is 5.92 Å². The summed E-state index contributed by atoms with van der Waals surface area (Å²) in [4.78, 5) is 50.3. The first-order chi connectivity index (χ1) is 27.4. The highest BCUT2D eigenvalue weighted by molar-refractivity contribution is 5.98. The number of hydrogen-bond acceptors (Lipinski definition) is 8. The van der Waals surface area contributed by atoms with Gasteiger partial charge in [0.25, 0.3) is 0 Å². The van der Waals surface area contributed by atoms with Gasteiger partial charge in [-0.1, -0.05) is 179 Å². The van der Waals surface area contributed by atoms with Crippen LogP contribution in [-0.4, -0.2) is 44.5 Å². The van der Waals surface area contributed by atoms with Gasteiger partial charge >= 0.3 is 17.9 Å². The lowest BCUT2D eigenvalue weighted by Crippen LogP contribution is -2.27. The smallest absolute Gasteiger partial charge is 0.343 e. The van der Waals surface area contributed by atoms with Gasteiger partial charge in [-0.05, 0) is 48.7 Å². The van der Waals surface area contributed by atoms with Crippen molar-refractivity contribution in [1.29, 1.82) is 0 Å². The lowest BCUT2D eigenvalue weighted by atomic mass is 10.1. The SMILES string of the molecule is CCCCCCCCCCCCCCOC(=O)C(C=Cc1ccc(C(=O)Oc2ccc(C=O)cc2OC)cc1)C(=O)OCCCCCCCCCCCCCC. The number of esters is 3. The van der Waals surface area contributed by atoms with Crippen molar-refractivity contribution in [1.82, 2.24) is 0 Å². The molecular formula is C48H72O8. The molecule has 0 heterocycles. The summed E-state index contributed by atoms with van der Waals surface area (Å²) < 4.78 is 21.9. The minimum atomic E-state index is -1.18. The Hall–Kier alpha value is -3.94. The average Bonchev–Trinajstić information content (AvgIpc) is 3.21. The molecule has 0 saturated heterocycles. The standard InChI is InChI=1S/C48H72O8/c1-4-6-8-10-12-14-16-18-20-22-24-26-36-54-47(51)43(48(52)55-37-27-25-23-21-19-17-15-13-11-9-7-5-2)34-30-40-28-32-42(33-29-40)46(50)56-44-35-31-41(39-49)38-45(44)53-3/h28-35,38-39,43H,4-27,36-37H2,1-3H3. The van der Waals surface area contributed by atoms with Crippen molar-refractivity contribution in [2.24, 2.45) is 5.92 Å². The fraction of sp³-hybridized carbons (Fsp3) is 0.625. The van der Waals surface area contributed by atoms with Crippen LogP contribution >= 0.6 is 0 Å². The monoisotopic (exact) mass is 777 g/mol. The number of methoxy groups -OCH3 is 1. The van der Waals surface area contributed by atoms with Gasteiger partial charge in [-0.3, -0.25) is 14.4 Å². The van der Waals surface area contributed by atoms with Gasteiger partial charge in [-0.25, -0.2) is 4.79 Å². The molecular weight excluding hydrogens is 705 g/mol. The van der Waals surface area contributed by atoms with E-state index in [4.69, 9.17) is 18.9 Å². The number of carbonyl (C=O) groups excluding carboxylic acids is 4. The second kappa shape index (κ2) is 32.2. The Labute approximate surface area is 338 Å². The minimum absolute atomic E-state index is 0.193. The summed E-state index contributed by atoms with van der Waals surface area (Å²) >= 11 is 0. The van der Waals surface area contributed by atoms with Crippen LogP contribution in [0.25, 0.3) is 6.08 Å². The summed E-state index contributed by atoms with van der Waals surface area (Å²) in [6, 6.07) is 11.1. The molecule has 2 rings (SSSR count). The first-order valence-electron chi connectivity index (χ1n) is 21.9. The van der Waals surface area contributed by atoms with Crippen molar-refractivity contribution >= 4 is 30.3 Å². The van der Waals surface area contributed by atoms with Crippen LogP contribution in [0.4, 0.5) is 0 Å². The highest BCUT2D eigenvalue weighted by atomic mass is 16.6. The number of hydrogen-bond donors (Lipinski definition) is 0. The van der Waals surface area contributed by atoms with Crippen LogP contribution in [0.2, 0.25) is 0 Å². The average molecular weight is 777 g/mol. The van der Waals surface area contributed by atoms with Crippen molar-refractivity contribution in [2.45, 2.75) is 168 Å². The molecule has 0 bridgehead atoms. The second-order valence-corrected chi connectivity index (χ2v) is 15.0. The molecule has 0 spiro atoms. The molecule has 0 aliphatic rings. The molecule has 0 amide bonds. The van der Waals surface area contributed by atoms with Gasteiger partial charge in [0.2, 0.25) is 0 Å². The zero-order valence-corrected chi connectivity index (χ0v) is 35.0. The molecule has 0 atom stereocenters. The summed E-state index contributed by atoms with van der Waals surface area (Å²) in [5.41, 5.74) is 1.38. The fourth-order valence-corrected chi connectivity index (χ4v) is 6.60. The molecule has 56 heavy (non-hydrogen) atoms. The Morgan fingerprint density at radius 1 is 0.536 bits per heavy atom. The van der Waals surface area contributed by atoms with Crippen LogP contribution in [-0.2, 0) is 19.1 Å². The molecule has 8 heteroatoms. The maximum atomic E-state index is 13.2. The highest BCUT2D eigenvalue weighted by Crippen LogP contribution is 2.28. The molecule has 0 aromatic heterocycles. The Balaban J connectivity index is 1.86. The van der Waals surface area contributed by atoms with Crippen molar-refractivity contribution in [2.75, 3.05) is 20.3 Å². The van der Waals surface area contributed by atoms with Crippen molar-refractivity contribution in [3.05, 3.63) is 65.2 Å². The molecule has 8 nitrogen and oxygen atoms in total. The van der Waals surface area contributed by atoms with Gasteiger partial charge in [0.05, 0.1) is 25.9 Å². The van der Waals surface area contributed by atoms with Crippen LogP contribution in [0.1, 0.15) is 194 Å². The van der Waals surface area contributed by atoms with Crippen molar-refractivity contribution in [3.8, 4) is 11.5 Å². The van der Waals surface area contributed by atoms with Crippen LogP contribution < -0.4 is 9.47 Å². The maximum Gasteiger partial charge on any atom is 0.343 e. The van der Waals surface area contributed by atoms with Gasteiger partial charge in [-0.15, -0.1) is 0 Å². The Kier molecular flexibility index (Phi) is 27.7. The van der Waals surface area contributed by atoms with E-state index < -0.39 is 23.8 Å². The molecule has 2 aromatic rings. The minimum Gasteiger partial charge on any atom is -0.493 e. The fourth-order valence-electron chi connectivity index (χ4n) is 6.60. The molecule has 0 radical (unpaired) electrons. The predicted octanol–water partition coefficient (Wildman–Crippen LogP) is 12.8. The van der Waals surface area contributed by atoms with Crippen molar-refractivity contribution in [3.63, 3.8) is 0 Å². The zero-order valence-electron chi connectivity index (χ0n) is 35.0. The maximum absolute atomic E-state index is 13.2. The third kappa shape index (κ3) is 22.0. The highest BCUT2D eigenvalue weighted by Gasteiger charge is 2.27. The van der Waals surface area contributed by atoms with Crippen LogP contribution in [0.15, 0.2) is 48.5 Å². The first kappa shape index (κ1) is 48.2. The topological polar surface area (TPSA) is 105 Å². The van der Waals surface area contributed by atoms with Gasteiger partial charge in [-0.2, -0.15) is 0 Å². The molecule has 312 valence electrons. The summed E-state index contributed by atoms with van der Waals surface area (Å²) in [6.45, 7) is 5.03. The number of ether oxygens (including phenoxy) is 4. The molecule has 0 fully saturated rings. The van der Waals surface area contributed by atoms with E-state index in [-0.39, 0.29) is 24.7 Å². The number of aldehydes is 1.